The smallest absolute Gasteiger partial charge is 0.177 e. The summed E-state index contributed by atoms with van der Waals surface area (Å²) in [7, 11) is 0. The van der Waals surface area contributed by atoms with Crippen molar-refractivity contribution < 1.29 is 4.84 Å². The molecular formula is C20H17NOS2. The van der Waals surface area contributed by atoms with Gasteiger partial charge in [0.2, 0.25) is 0 Å². The first-order valence-corrected chi connectivity index (χ1v) is 9.80. The molecule has 0 radical (unpaired) electrons. The second-order valence-electron chi connectivity index (χ2n) is 5.78. The van der Waals surface area contributed by atoms with Gasteiger partial charge in [0.05, 0.1) is 5.71 Å². The molecule has 1 aromatic heterocycles. The molecule has 0 bridgehead atoms. The fourth-order valence-electron chi connectivity index (χ4n) is 2.83. The largest absolute Gasteiger partial charge is 0.383 e. The summed E-state index contributed by atoms with van der Waals surface area (Å²) in [4.78, 5) is 7.31. The Kier molecular flexibility index (Phi) is 4.41. The van der Waals surface area contributed by atoms with Crippen LogP contribution in [-0.4, -0.2) is 11.5 Å². The second kappa shape index (κ2) is 6.83. The number of hydrogen-bond donors (Lipinski definition) is 0. The Bertz CT molecular complexity index is 815. The van der Waals surface area contributed by atoms with Crippen molar-refractivity contribution in [1.29, 1.82) is 0 Å². The van der Waals surface area contributed by atoms with Crippen LogP contribution in [0.25, 0.3) is 0 Å². The Morgan fingerprint density at radius 1 is 1.00 bits per heavy atom. The van der Waals surface area contributed by atoms with Gasteiger partial charge < -0.3 is 4.84 Å². The van der Waals surface area contributed by atoms with Crippen LogP contribution < -0.4 is 0 Å². The predicted molar refractivity (Wildman–Crippen MR) is 102 cm³/mol. The minimum atomic E-state index is -0.404. The van der Waals surface area contributed by atoms with Crippen molar-refractivity contribution in [3.05, 3.63) is 88.6 Å². The number of thioether (sulfide) groups is 1. The zero-order valence-electron chi connectivity index (χ0n) is 13.1. The maximum Gasteiger partial charge on any atom is 0.177 e. The van der Waals surface area contributed by atoms with Crippen molar-refractivity contribution >= 4 is 28.8 Å². The summed E-state index contributed by atoms with van der Waals surface area (Å²) >= 11 is 3.51. The molecule has 3 aromatic rings. The van der Waals surface area contributed by atoms with Crippen LogP contribution in [0.3, 0.4) is 0 Å². The molecule has 24 heavy (non-hydrogen) atoms. The van der Waals surface area contributed by atoms with E-state index in [0.717, 1.165) is 17.9 Å². The van der Waals surface area contributed by atoms with E-state index in [4.69, 9.17) is 4.84 Å². The molecule has 1 atom stereocenters. The van der Waals surface area contributed by atoms with Crippen molar-refractivity contribution in [3.8, 4) is 0 Å². The van der Waals surface area contributed by atoms with Crippen molar-refractivity contribution in [2.45, 2.75) is 16.9 Å². The van der Waals surface area contributed by atoms with Gasteiger partial charge in [-0.05, 0) is 34.5 Å². The molecule has 0 fully saturated rings. The molecule has 0 aliphatic carbocycles. The lowest BCUT2D eigenvalue weighted by Gasteiger charge is -2.26. The van der Waals surface area contributed by atoms with E-state index in [1.54, 1.807) is 11.3 Å². The molecule has 1 aliphatic rings. The summed E-state index contributed by atoms with van der Waals surface area (Å²) < 4.78 is 0. The fraction of sp³-hybridized carbons (Fsp3) is 0.150. The molecule has 2 aromatic carbocycles. The average molecular weight is 351 g/mol. The number of rotatable bonds is 5. The van der Waals surface area contributed by atoms with Gasteiger partial charge in [-0.15, -0.1) is 11.8 Å². The Balaban J connectivity index is 1.60. The summed E-state index contributed by atoms with van der Waals surface area (Å²) in [6.07, 6.45) is 0.799. The van der Waals surface area contributed by atoms with Crippen LogP contribution in [0.5, 0.6) is 0 Å². The molecule has 0 spiro atoms. The summed E-state index contributed by atoms with van der Waals surface area (Å²) in [6, 6.07) is 23.0. The lowest BCUT2D eigenvalue weighted by atomic mass is 9.89. The third-order valence-corrected chi connectivity index (χ3v) is 6.05. The molecule has 0 amide bonds. The van der Waals surface area contributed by atoms with Crippen LogP contribution >= 0.6 is 23.1 Å². The monoisotopic (exact) mass is 351 g/mol. The normalized spacial score (nSPS) is 19.8. The zero-order chi connectivity index (χ0) is 16.2. The predicted octanol–water partition coefficient (Wildman–Crippen LogP) is 5.56. The van der Waals surface area contributed by atoms with E-state index in [-0.39, 0.29) is 0 Å². The number of nitrogens with zero attached hydrogens (tertiary/aromatic N) is 1. The van der Waals surface area contributed by atoms with Crippen LogP contribution in [0.15, 0.2) is 87.5 Å². The minimum Gasteiger partial charge on any atom is -0.383 e. The van der Waals surface area contributed by atoms with Gasteiger partial charge in [-0.2, -0.15) is 11.3 Å². The Morgan fingerprint density at radius 3 is 2.46 bits per heavy atom. The van der Waals surface area contributed by atoms with Gasteiger partial charge in [-0.1, -0.05) is 53.7 Å². The average Bonchev–Trinajstić information content (AvgIpc) is 3.32. The Hall–Kier alpha value is -2.04. The fourth-order valence-corrected chi connectivity index (χ4v) is 4.57. The molecule has 4 rings (SSSR count). The van der Waals surface area contributed by atoms with E-state index in [1.165, 1.54) is 16.0 Å². The summed E-state index contributed by atoms with van der Waals surface area (Å²) in [5.74, 6) is 0.832. The van der Waals surface area contributed by atoms with E-state index < -0.39 is 5.60 Å². The molecule has 120 valence electrons. The van der Waals surface area contributed by atoms with Gasteiger partial charge in [0, 0.05) is 22.6 Å². The van der Waals surface area contributed by atoms with Gasteiger partial charge in [0.25, 0.3) is 0 Å². The minimum absolute atomic E-state index is 0.404. The highest BCUT2D eigenvalue weighted by molar-refractivity contribution is 7.99. The van der Waals surface area contributed by atoms with Crippen LogP contribution in [0.1, 0.15) is 17.5 Å². The summed E-state index contributed by atoms with van der Waals surface area (Å²) in [6.45, 7) is 0. The molecule has 2 heterocycles. The maximum absolute atomic E-state index is 6.06. The highest BCUT2D eigenvalue weighted by Gasteiger charge is 2.41. The second-order valence-corrected chi connectivity index (χ2v) is 7.61. The van der Waals surface area contributed by atoms with Crippen LogP contribution in [0, 0.1) is 0 Å². The highest BCUT2D eigenvalue weighted by atomic mass is 32.2. The van der Waals surface area contributed by atoms with Crippen molar-refractivity contribution in [2.24, 2.45) is 5.16 Å². The van der Waals surface area contributed by atoms with Gasteiger partial charge in [0.15, 0.2) is 5.60 Å². The van der Waals surface area contributed by atoms with Crippen molar-refractivity contribution in [2.75, 3.05) is 5.75 Å². The number of benzene rings is 2. The van der Waals surface area contributed by atoms with Crippen molar-refractivity contribution in [1.82, 2.24) is 0 Å². The number of thiophene rings is 1. The highest BCUT2D eigenvalue weighted by Crippen LogP contribution is 2.41. The van der Waals surface area contributed by atoms with Gasteiger partial charge in [0.1, 0.15) is 0 Å². The van der Waals surface area contributed by atoms with E-state index >= 15 is 0 Å². The molecule has 2 nitrogen and oxygen atoms in total. The number of hydrogen-bond acceptors (Lipinski definition) is 4. The van der Waals surface area contributed by atoms with Gasteiger partial charge in [-0.3, -0.25) is 0 Å². The quantitative estimate of drug-likeness (QED) is 0.561. The van der Waals surface area contributed by atoms with Crippen LogP contribution in [0.4, 0.5) is 0 Å². The van der Waals surface area contributed by atoms with E-state index in [9.17, 15) is 0 Å². The zero-order valence-corrected chi connectivity index (χ0v) is 14.7. The summed E-state index contributed by atoms with van der Waals surface area (Å²) in [5, 5.41) is 8.65. The van der Waals surface area contributed by atoms with Gasteiger partial charge >= 0.3 is 0 Å². The maximum atomic E-state index is 6.06. The van der Waals surface area contributed by atoms with E-state index in [1.807, 2.05) is 23.9 Å². The topological polar surface area (TPSA) is 21.6 Å². The molecule has 1 aliphatic heterocycles. The third kappa shape index (κ3) is 3.12. The lowest BCUT2D eigenvalue weighted by molar-refractivity contribution is -0.00317. The molecule has 0 unspecified atom stereocenters. The SMILES string of the molecule is c1ccc(SC[C@@]2(c3ccccc3)CC(c3ccsc3)=NO2)cc1. The van der Waals surface area contributed by atoms with E-state index in [0.29, 0.717) is 0 Å². The lowest BCUT2D eigenvalue weighted by Crippen LogP contribution is -2.29. The standard InChI is InChI=1S/C20H17NOS2/c1-3-7-17(8-4-1)20(15-24-18-9-5-2-6-10-18)13-19(21-22-20)16-11-12-23-14-16/h1-12,14H,13,15H2/t20-/m1/s1. The van der Waals surface area contributed by atoms with Crippen LogP contribution in [-0.2, 0) is 10.4 Å². The van der Waals surface area contributed by atoms with Gasteiger partial charge in [-0.25, -0.2) is 0 Å². The van der Waals surface area contributed by atoms with Crippen molar-refractivity contribution in [3.63, 3.8) is 0 Å². The Morgan fingerprint density at radius 2 is 1.75 bits per heavy atom. The first-order chi connectivity index (χ1) is 11.9. The Labute approximate surface area is 150 Å². The van der Waals surface area contributed by atoms with E-state index in [2.05, 4.69) is 70.5 Å². The van der Waals surface area contributed by atoms with Crippen LogP contribution in [0.2, 0.25) is 0 Å². The summed E-state index contributed by atoms with van der Waals surface area (Å²) in [5.41, 5.74) is 2.98. The third-order valence-electron chi connectivity index (χ3n) is 4.15. The first kappa shape index (κ1) is 15.5. The molecule has 0 saturated heterocycles. The molecule has 4 heteroatoms. The molecule has 0 saturated carbocycles. The number of oxime groups is 1. The first-order valence-electron chi connectivity index (χ1n) is 7.87. The molecule has 0 N–H and O–H groups in total. The molecular weight excluding hydrogens is 334 g/mol.